The van der Waals surface area contributed by atoms with E-state index in [9.17, 15) is 0 Å². The fourth-order valence-electron chi connectivity index (χ4n) is 1.21. The van der Waals surface area contributed by atoms with E-state index in [-0.39, 0.29) is 6.10 Å². The van der Waals surface area contributed by atoms with Crippen LogP contribution in [0, 0.1) is 18.3 Å². The molecule has 0 N–H and O–H groups in total. The van der Waals surface area contributed by atoms with Crippen molar-refractivity contribution in [1.82, 2.24) is 4.98 Å². The fraction of sp³-hybridized carbons (Fsp3) is 0.333. The highest BCUT2D eigenvalue weighted by molar-refractivity contribution is 5.40. The average Bonchev–Trinajstić information content (AvgIpc) is 2.88. The zero-order chi connectivity index (χ0) is 8.55. The lowest BCUT2D eigenvalue weighted by Gasteiger charge is -2.01. The Morgan fingerprint density at radius 2 is 2.42 bits per heavy atom. The molecule has 0 aromatic carbocycles. The number of nitriles is 1. The first-order chi connectivity index (χ1) is 5.83. The zero-order valence-electron chi connectivity index (χ0n) is 6.74. The van der Waals surface area contributed by atoms with E-state index in [0.29, 0.717) is 5.56 Å². The number of nitrogens with zero attached hydrogens (tertiary/aromatic N) is 2. The minimum absolute atomic E-state index is 0.186. The van der Waals surface area contributed by atoms with E-state index in [1.54, 1.807) is 12.4 Å². The molecule has 1 saturated heterocycles. The molecule has 2 rings (SSSR count). The molecule has 0 bridgehead atoms. The van der Waals surface area contributed by atoms with Crippen molar-refractivity contribution < 1.29 is 4.74 Å². The van der Waals surface area contributed by atoms with E-state index in [1.807, 2.05) is 6.92 Å². The molecule has 1 aromatic rings. The second-order valence-electron chi connectivity index (χ2n) is 2.84. The van der Waals surface area contributed by atoms with Crippen molar-refractivity contribution in [2.45, 2.75) is 13.0 Å². The highest BCUT2D eigenvalue weighted by Crippen LogP contribution is 2.32. The van der Waals surface area contributed by atoms with Crippen LogP contribution in [-0.4, -0.2) is 11.6 Å². The summed E-state index contributed by atoms with van der Waals surface area (Å²) in [6.07, 6.45) is 3.54. The van der Waals surface area contributed by atoms with E-state index < -0.39 is 0 Å². The third-order valence-electron chi connectivity index (χ3n) is 2.05. The first-order valence-electron chi connectivity index (χ1n) is 3.79. The number of hydrogen-bond acceptors (Lipinski definition) is 3. The van der Waals surface area contributed by atoms with Gasteiger partial charge in [-0.1, -0.05) is 0 Å². The summed E-state index contributed by atoms with van der Waals surface area (Å²) >= 11 is 0. The standard InChI is InChI=1S/C9H8N2O/c1-6-7(2-10)3-11-4-8(6)9-5-12-9/h3-4,9H,5H2,1H3. The van der Waals surface area contributed by atoms with Crippen LogP contribution in [0.2, 0.25) is 0 Å². The van der Waals surface area contributed by atoms with Crippen LogP contribution in [-0.2, 0) is 4.74 Å². The maximum Gasteiger partial charge on any atom is 0.108 e. The van der Waals surface area contributed by atoms with Gasteiger partial charge in [-0.15, -0.1) is 0 Å². The third-order valence-corrected chi connectivity index (χ3v) is 2.05. The summed E-state index contributed by atoms with van der Waals surface area (Å²) < 4.78 is 5.13. The Bertz CT molecular complexity index is 350. The number of rotatable bonds is 1. The van der Waals surface area contributed by atoms with Crippen LogP contribution in [0.15, 0.2) is 12.4 Å². The van der Waals surface area contributed by atoms with E-state index in [0.717, 1.165) is 17.7 Å². The molecule has 0 spiro atoms. The summed E-state index contributed by atoms with van der Waals surface area (Å²) in [4.78, 5) is 3.98. The van der Waals surface area contributed by atoms with Gasteiger partial charge in [0.25, 0.3) is 0 Å². The third kappa shape index (κ3) is 1.06. The summed E-state index contributed by atoms with van der Waals surface area (Å²) in [7, 11) is 0. The number of epoxide rings is 1. The summed E-state index contributed by atoms with van der Waals surface area (Å²) in [5, 5.41) is 8.71. The van der Waals surface area contributed by atoms with Crippen molar-refractivity contribution in [1.29, 1.82) is 5.26 Å². The van der Waals surface area contributed by atoms with Gasteiger partial charge in [0.2, 0.25) is 0 Å². The van der Waals surface area contributed by atoms with Crippen LogP contribution in [0.3, 0.4) is 0 Å². The van der Waals surface area contributed by atoms with Crippen molar-refractivity contribution in [3.63, 3.8) is 0 Å². The summed E-state index contributed by atoms with van der Waals surface area (Å²) in [6.45, 7) is 2.69. The molecule has 1 aliphatic heterocycles. The van der Waals surface area contributed by atoms with E-state index in [4.69, 9.17) is 10.00 Å². The second-order valence-corrected chi connectivity index (χ2v) is 2.84. The Kier molecular flexibility index (Phi) is 1.56. The molecular formula is C9H8N2O. The van der Waals surface area contributed by atoms with Crippen molar-refractivity contribution in [2.75, 3.05) is 6.61 Å². The molecule has 60 valence electrons. The molecule has 1 fully saturated rings. The fourth-order valence-corrected chi connectivity index (χ4v) is 1.21. The Morgan fingerprint density at radius 3 is 3.00 bits per heavy atom. The van der Waals surface area contributed by atoms with E-state index in [1.165, 1.54) is 0 Å². The molecule has 0 saturated carbocycles. The first kappa shape index (κ1) is 7.26. The molecule has 1 aliphatic rings. The van der Waals surface area contributed by atoms with Crippen molar-refractivity contribution >= 4 is 0 Å². The zero-order valence-corrected chi connectivity index (χ0v) is 6.74. The molecule has 0 amide bonds. The lowest BCUT2D eigenvalue weighted by atomic mass is 10.1. The van der Waals surface area contributed by atoms with Gasteiger partial charge in [0.15, 0.2) is 0 Å². The van der Waals surface area contributed by atoms with Crippen molar-refractivity contribution in [2.24, 2.45) is 0 Å². The molecule has 1 unspecified atom stereocenters. The Morgan fingerprint density at radius 1 is 1.67 bits per heavy atom. The van der Waals surface area contributed by atoms with Crippen LogP contribution in [0.1, 0.15) is 22.8 Å². The first-order valence-corrected chi connectivity index (χ1v) is 3.79. The molecule has 0 radical (unpaired) electrons. The van der Waals surface area contributed by atoms with Gasteiger partial charge in [0.1, 0.15) is 12.2 Å². The van der Waals surface area contributed by atoms with Gasteiger partial charge in [0, 0.05) is 18.0 Å². The molecule has 0 aliphatic carbocycles. The lowest BCUT2D eigenvalue weighted by Crippen LogP contribution is -1.92. The minimum atomic E-state index is 0.186. The van der Waals surface area contributed by atoms with E-state index >= 15 is 0 Å². The second kappa shape index (κ2) is 2.58. The summed E-state index contributed by atoms with van der Waals surface area (Å²) in [5.41, 5.74) is 2.69. The van der Waals surface area contributed by atoms with Gasteiger partial charge in [-0.25, -0.2) is 0 Å². The number of ether oxygens (including phenoxy) is 1. The summed E-state index contributed by atoms with van der Waals surface area (Å²) in [6, 6.07) is 2.10. The lowest BCUT2D eigenvalue weighted by molar-refractivity contribution is 0.414. The van der Waals surface area contributed by atoms with Gasteiger partial charge < -0.3 is 4.74 Å². The van der Waals surface area contributed by atoms with Crippen LogP contribution >= 0.6 is 0 Å². The van der Waals surface area contributed by atoms with Crippen LogP contribution in [0.25, 0.3) is 0 Å². The number of hydrogen-bond donors (Lipinski definition) is 0. The van der Waals surface area contributed by atoms with Crippen molar-refractivity contribution in [3.05, 3.63) is 29.1 Å². The van der Waals surface area contributed by atoms with Gasteiger partial charge in [-0.3, -0.25) is 4.98 Å². The maximum atomic E-state index is 8.71. The average molecular weight is 160 g/mol. The van der Waals surface area contributed by atoms with Gasteiger partial charge in [-0.05, 0) is 12.5 Å². The molecule has 3 heteroatoms. The monoisotopic (exact) mass is 160 g/mol. The van der Waals surface area contributed by atoms with Crippen LogP contribution in [0.4, 0.5) is 0 Å². The van der Waals surface area contributed by atoms with Gasteiger partial charge in [0.05, 0.1) is 12.2 Å². The molecule has 1 aromatic heterocycles. The van der Waals surface area contributed by atoms with Gasteiger partial charge >= 0.3 is 0 Å². The van der Waals surface area contributed by atoms with E-state index in [2.05, 4.69) is 11.1 Å². The Hall–Kier alpha value is -1.40. The number of aromatic nitrogens is 1. The highest BCUT2D eigenvalue weighted by Gasteiger charge is 2.27. The molecule has 3 nitrogen and oxygen atoms in total. The minimum Gasteiger partial charge on any atom is -0.368 e. The maximum absolute atomic E-state index is 8.71. The molecule has 12 heavy (non-hydrogen) atoms. The quantitative estimate of drug-likeness (QED) is 0.582. The molecule has 2 heterocycles. The smallest absolute Gasteiger partial charge is 0.108 e. The Balaban J connectivity index is 2.49. The normalized spacial score (nSPS) is 20.2. The molecular weight excluding hydrogens is 152 g/mol. The topological polar surface area (TPSA) is 49.2 Å². The van der Waals surface area contributed by atoms with Crippen LogP contribution < -0.4 is 0 Å². The highest BCUT2D eigenvalue weighted by atomic mass is 16.6. The summed E-state index contributed by atoms with van der Waals surface area (Å²) in [5.74, 6) is 0. The van der Waals surface area contributed by atoms with Crippen LogP contribution in [0.5, 0.6) is 0 Å². The predicted molar refractivity (Wildman–Crippen MR) is 42.4 cm³/mol. The predicted octanol–water partition coefficient (Wildman–Crippen LogP) is 1.33. The molecule has 1 atom stereocenters. The van der Waals surface area contributed by atoms with Gasteiger partial charge in [-0.2, -0.15) is 5.26 Å². The largest absolute Gasteiger partial charge is 0.368 e. The Labute approximate surface area is 70.6 Å². The van der Waals surface area contributed by atoms with Crippen molar-refractivity contribution in [3.8, 4) is 6.07 Å². The number of pyridine rings is 1. The SMILES string of the molecule is Cc1c(C#N)cncc1C1CO1.